The number of ether oxygens (including phenoxy) is 4. The van der Waals surface area contributed by atoms with Gasteiger partial charge in [0.05, 0.1) is 50.6 Å². The molecule has 6 aromatic carbocycles. The van der Waals surface area contributed by atoms with Gasteiger partial charge in [-0.05, 0) is 88.3 Å². The standard InChI is InChI=1S/C59H56N4O11/c1-36(2)49(55(67)72-4)61-58(70)62-46-31-24-38(21-20-37-22-27-43(71-3)28-23-37)34-45(46)59(57(62)69)48(54(66)60-35-47(65)39-14-8-5-9-15-39)51-56(68)74-52(41-18-12-7-13-19-41)50(40-16-10-6-11-17-40)63(51)53(59)42-25-29-44(30-26-42)73-33-32-64/h5-19,22-31,34,36,47-53,64-65H,32-33,35H2,1-4H3,(H,60,66)(H,61,70)/t47-,48+,49-,50+,51+,52-,53-,59+/m0/s1. The third-order valence-corrected chi connectivity index (χ3v) is 14.0. The van der Waals surface area contributed by atoms with Gasteiger partial charge in [0.15, 0.2) is 0 Å². The van der Waals surface area contributed by atoms with Crippen LogP contribution in [0.2, 0.25) is 0 Å². The van der Waals surface area contributed by atoms with E-state index in [9.17, 15) is 15.0 Å². The number of aliphatic hydroxyl groups is 2. The van der Waals surface area contributed by atoms with Crippen molar-refractivity contribution in [1.29, 1.82) is 0 Å². The molecule has 2 saturated heterocycles. The Morgan fingerprint density at radius 1 is 0.743 bits per heavy atom. The number of hydrogen-bond donors (Lipinski definition) is 4. The number of rotatable bonds is 14. The lowest BCUT2D eigenvalue weighted by atomic mass is 9.65. The molecule has 15 nitrogen and oxygen atoms in total. The van der Waals surface area contributed by atoms with Crippen molar-refractivity contribution in [2.24, 2.45) is 11.8 Å². The van der Waals surface area contributed by atoms with Crippen molar-refractivity contribution >= 4 is 35.5 Å². The van der Waals surface area contributed by atoms with E-state index in [1.165, 1.54) is 7.11 Å². The molecule has 0 saturated carbocycles. The normalized spacial score (nSPS) is 21.6. The van der Waals surface area contributed by atoms with Crippen molar-refractivity contribution < 1.29 is 53.1 Å². The largest absolute Gasteiger partial charge is 0.497 e. The summed E-state index contributed by atoms with van der Waals surface area (Å²) in [7, 11) is 2.77. The summed E-state index contributed by atoms with van der Waals surface area (Å²) in [6, 6.07) is 40.4. The van der Waals surface area contributed by atoms with Crippen LogP contribution >= 0.6 is 0 Å². The molecule has 8 atom stereocenters. The van der Waals surface area contributed by atoms with Gasteiger partial charge in [-0.3, -0.25) is 19.3 Å². The van der Waals surface area contributed by atoms with E-state index >= 15 is 19.2 Å². The number of methoxy groups -OCH3 is 2. The van der Waals surface area contributed by atoms with Crippen molar-refractivity contribution in [2.45, 2.75) is 55.6 Å². The molecule has 0 unspecified atom stereocenters. The molecule has 378 valence electrons. The zero-order valence-electron chi connectivity index (χ0n) is 41.2. The number of hydrogen-bond acceptors (Lipinski definition) is 12. The first-order chi connectivity index (χ1) is 35.9. The van der Waals surface area contributed by atoms with Crippen molar-refractivity contribution in [1.82, 2.24) is 15.5 Å². The highest BCUT2D eigenvalue weighted by Gasteiger charge is 2.75. The van der Waals surface area contributed by atoms with Crippen LogP contribution in [0.3, 0.4) is 0 Å². The minimum atomic E-state index is -2.18. The molecule has 0 bridgehead atoms. The first kappa shape index (κ1) is 50.6. The van der Waals surface area contributed by atoms with E-state index in [1.54, 1.807) is 118 Å². The summed E-state index contributed by atoms with van der Waals surface area (Å²) in [6.07, 6.45) is -2.19. The first-order valence-electron chi connectivity index (χ1n) is 24.4. The number of nitrogens with zero attached hydrogens (tertiary/aromatic N) is 2. The van der Waals surface area contributed by atoms with Gasteiger partial charge in [0, 0.05) is 17.7 Å². The lowest BCUT2D eigenvalue weighted by Crippen LogP contribution is -2.58. The smallest absolute Gasteiger partial charge is 0.329 e. The van der Waals surface area contributed by atoms with Gasteiger partial charge in [-0.25, -0.2) is 14.5 Å². The van der Waals surface area contributed by atoms with Crippen molar-refractivity contribution in [2.75, 3.05) is 38.9 Å². The van der Waals surface area contributed by atoms with Crippen LogP contribution in [0.25, 0.3) is 0 Å². The van der Waals surface area contributed by atoms with Gasteiger partial charge in [-0.2, -0.15) is 0 Å². The Morgan fingerprint density at radius 2 is 1.35 bits per heavy atom. The van der Waals surface area contributed by atoms with Gasteiger partial charge in [-0.1, -0.05) is 129 Å². The van der Waals surface area contributed by atoms with Crippen LogP contribution in [0.5, 0.6) is 11.5 Å². The third kappa shape index (κ3) is 9.46. The Morgan fingerprint density at radius 3 is 1.97 bits per heavy atom. The number of morpholine rings is 1. The number of imide groups is 1. The molecule has 74 heavy (non-hydrogen) atoms. The van der Waals surface area contributed by atoms with Crippen molar-refractivity contribution in [3.8, 4) is 23.3 Å². The molecule has 0 radical (unpaired) electrons. The summed E-state index contributed by atoms with van der Waals surface area (Å²) in [5.41, 5.74) is 1.45. The van der Waals surface area contributed by atoms with Crippen LogP contribution in [0.15, 0.2) is 158 Å². The molecule has 15 heteroatoms. The summed E-state index contributed by atoms with van der Waals surface area (Å²) >= 11 is 0. The minimum absolute atomic E-state index is 0.00210. The van der Waals surface area contributed by atoms with E-state index in [2.05, 4.69) is 22.5 Å². The molecule has 3 heterocycles. The zero-order valence-corrected chi connectivity index (χ0v) is 41.2. The van der Waals surface area contributed by atoms with Crippen LogP contribution < -0.4 is 25.0 Å². The maximum atomic E-state index is 16.7. The third-order valence-electron chi connectivity index (χ3n) is 14.0. The molecular weight excluding hydrogens is 941 g/mol. The van der Waals surface area contributed by atoms with Crippen LogP contribution in [0.4, 0.5) is 10.5 Å². The van der Waals surface area contributed by atoms with Crippen LogP contribution in [-0.4, -0.2) is 91.0 Å². The minimum Gasteiger partial charge on any atom is -0.497 e. The molecule has 6 aromatic rings. The summed E-state index contributed by atoms with van der Waals surface area (Å²) in [5.74, 6) is 2.07. The Balaban J connectivity index is 1.34. The number of urea groups is 1. The van der Waals surface area contributed by atoms with E-state index in [1.807, 2.05) is 65.6 Å². The number of esters is 2. The van der Waals surface area contributed by atoms with E-state index in [-0.39, 0.29) is 31.0 Å². The van der Waals surface area contributed by atoms with E-state index in [4.69, 9.17) is 18.9 Å². The highest BCUT2D eigenvalue weighted by atomic mass is 16.6. The van der Waals surface area contributed by atoms with Gasteiger partial charge in [-0.15, -0.1) is 0 Å². The molecule has 9 rings (SSSR count). The Labute approximate surface area is 429 Å². The zero-order chi connectivity index (χ0) is 52.1. The van der Waals surface area contributed by atoms with Crippen LogP contribution in [0, 0.1) is 23.7 Å². The first-order valence-corrected chi connectivity index (χ1v) is 24.4. The quantitative estimate of drug-likeness (QED) is 0.0654. The van der Waals surface area contributed by atoms with Gasteiger partial charge in [0.2, 0.25) is 11.8 Å². The fourth-order valence-electron chi connectivity index (χ4n) is 10.6. The number of carbonyl (C=O) groups excluding carboxylic acids is 5. The summed E-state index contributed by atoms with van der Waals surface area (Å²) < 4.78 is 22.9. The van der Waals surface area contributed by atoms with E-state index < -0.39 is 83.4 Å². The Bertz CT molecular complexity index is 3070. The van der Waals surface area contributed by atoms with E-state index in [0.717, 1.165) is 4.90 Å². The molecule has 4 N–H and O–H groups in total. The maximum absolute atomic E-state index is 16.7. The predicted octanol–water partition coefficient (Wildman–Crippen LogP) is 6.89. The number of aliphatic hydroxyl groups excluding tert-OH is 2. The second-order valence-corrected chi connectivity index (χ2v) is 18.6. The second-order valence-electron chi connectivity index (χ2n) is 18.6. The van der Waals surface area contributed by atoms with Crippen LogP contribution in [-0.2, 0) is 34.1 Å². The number of cyclic esters (lactones) is 1. The SMILES string of the molecule is COC(=O)[C@@H](NC(=O)N1C(=O)[C@@]2(c3cc(C#Cc4ccc(OC)cc4)ccc31)[C@H](c1ccc(OCCO)cc1)N1[C@H](c3ccccc3)[C@H](c3ccccc3)OC(=O)[C@H]1[C@@H]2C(=O)NC[C@H](O)c1ccccc1)C(C)C. The molecule has 1 spiro atoms. The molecule has 3 aliphatic heterocycles. The average molecular weight is 997 g/mol. The molecule has 4 amide bonds. The second kappa shape index (κ2) is 21.8. The molecule has 2 fully saturated rings. The molecule has 3 aliphatic rings. The van der Waals surface area contributed by atoms with Gasteiger partial charge < -0.3 is 39.8 Å². The molecule has 0 aliphatic carbocycles. The molecule has 0 aromatic heterocycles. The number of fused-ring (bicyclic) bond motifs is 3. The number of benzene rings is 6. The fraction of sp³-hybridized carbons (Fsp3) is 0.271. The van der Waals surface area contributed by atoms with Gasteiger partial charge in [0.1, 0.15) is 41.7 Å². The van der Waals surface area contributed by atoms with Gasteiger partial charge in [0.25, 0.3) is 0 Å². The lowest BCUT2D eigenvalue weighted by Gasteiger charge is -2.46. The number of nitrogens with one attached hydrogen (secondary N) is 2. The van der Waals surface area contributed by atoms with Crippen molar-refractivity contribution in [3.63, 3.8) is 0 Å². The Kier molecular flexibility index (Phi) is 14.9. The summed E-state index contributed by atoms with van der Waals surface area (Å²) in [6.45, 7) is 2.87. The van der Waals surface area contributed by atoms with Crippen molar-refractivity contribution in [3.05, 3.63) is 197 Å². The van der Waals surface area contributed by atoms with Crippen LogP contribution in [0.1, 0.15) is 77.1 Å². The topological polar surface area (TPSA) is 193 Å². The summed E-state index contributed by atoms with van der Waals surface area (Å²) in [4.78, 5) is 79.4. The highest BCUT2D eigenvalue weighted by Crippen LogP contribution is 2.66. The molecular formula is C59H56N4O11. The van der Waals surface area contributed by atoms with E-state index in [0.29, 0.717) is 44.9 Å². The monoisotopic (exact) mass is 996 g/mol. The number of carbonyl (C=O) groups is 5. The lowest BCUT2D eigenvalue weighted by molar-refractivity contribution is -0.178. The average Bonchev–Trinajstić information content (AvgIpc) is 3.92. The Hall–Kier alpha value is -8.29. The maximum Gasteiger partial charge on any atom is 0.329 e. The fourth-order valence-corrected chi connectivity index (χ4v) is 10.6. The predicted molar refractivity (Wildman–Crippen MR) is 274 cm³/mol. The van der Waals surface area contributed by atoms with Gasteiger partial charge >= 0.3 is 18.0 Å². The number of anilines is 1. The summed E-state index contributed by atoms with van der Waals surface area (Å²) in [5, 5.41) is 26.9. The highest BCUT2D eigenvalue weighted by molar-refractivity contribution is 6.25. The number of amides is 4.